The summed E-state index contributed by atoms with van der Waals surface area (Å²) in [4.78, 5) is 11.9. The smallest absolute Gasteiger partial charge is 0.231 e. The molecule has 1 aliphatic rings. The lowest BCUT2D eigenvalue weighted by Gasteiger charge is -2.05. The van der Waals surface area contributed by atoms with Gasteiger partial charge in [-0.05, 0) is 29.8 Å². The van der Waals surface area contributed by atoms with E-state index in [1.165, 1.54) is 0 Å². The highest BCUT2D eigenvalue weighted by molar-refractivity contribution is 6.31. The van der Waals surface area contributed by atoms with Gasteiger partial charge in [0.05, 0.1) is 6.61 Å². The van der Waals surface area contributed by atoms with Gasteiger partial charge in [-0.1, -0.05) is 29.8 Å². The highest BCUT2D eigenvalue weighted by Crippen LogP contribution is 2.32. The quantitative estimate of drug-likeness (QED) is 0.793. The fourth-order valence-corrected chi connectivity index (χ4v) is 2.23. The van der Waals surface area contributed by atoms with Crippen LogP contribution in [0.4, 0.5) is 0 Å². The van der Waals surface area contributed by atoms with Gasteiger partial charge in [-0.3, -0.25) is 4.79 Å². The van der Waals surface area contributed by atoms with E-state index in [9.17, 15) is 4.79 Å². The minimum absolute atomic E-state index is 0.00871. The topological polar surface area (TPSA) is 44.8 Å². The van der Waals surface area contributed by atoms with Crippen molar-refractivity contribution in [3.05, 3.63) is 58.6 Å². The van der Waals surface area contributed by atoms with E-state index >= 15 is 0 Å². The van der Waals surface area contributed by atoms with E-state index in [1.54, 1.807) is 24.3 Å². The lowest BCUT2D eigenvalue weighted by molar-refractivity contribution is 0.0726. The molecule has 0 N–H and O–H groups in total. The van der Waals surface area contributed by atoms with Crippen LogP contribution in [0.3, 0.4) is 0 Å². The first-order valence-electron chi connectivity index (χ1n) is 6.47. The van der Waals surface area contributed by atoms with E-state index in [2.05, 4.69) is 0 Å². The van der Waals surface area contributed by atoms with Gasteiger partial charge in [0.25, 0.3) is 0 Å². The number of carbonyl (C=O) groups is 1. The summed E-state index contributed by atoms with van der Waals surface area (Å²) in [5, 5.41) is 0.539. The Balaban J connectivity index is 1.55. The highest BCUT2D eigenvalue weighted by Gasteiger charge is 2.13. The Morgan fingerprint density at radius 1 is 1.14 bits per heavy atom. The van der Waals surface area contributed by atoms with Gasteiger partial charge in [0, 0.05) is 10.6 Å². The van der Waals surface area contributed by atoms with Gasteiger partial charge in [-0.15, -0.1) is 0 Å². The molecule has 0 saturated heterocycles. The number of carbonyl (C=O) groups excluding carboxylic acids is 1. The highest BCUT2D eigenvalue weighted by atomic mass is 35.5. The number of hydrogen-bond acceptors (Lipinski definition) is 4. The molecule has 1 aliphatic heterocycles. The fourth-order valence-electron chi connectivity index (χ4n) is 2.04. The van der Waals surface area contributed by atoms with Gasteiger partial charge in [0.15, 0.2) is 17.3 Å². The maximum atomic E-state index is 11.9. The van der Waals surface area contributed by atoms with Gasteiger partial charge in [-0.25, -0.2) is 0 Å². The molecule has 0 spiro atoms. The first-order chi connectivity index (χ1) is 10.2. The summed E-state index contributed by atoms with van der Waals surface area (Å²) in [6.07, 6.45) is 0. The van der Waals surface area contributed by atoms with Gasteiger partial charge in [-0.2, -0.15) is 0 Å². The Bertz CT molecular complexity index is 669. The van der Waals surface area contributed by atoms with Gasteiger partial charge >= 0.3 is 0 Å². The van der Waals surface area contributed by atoms with Crippen LogP contribution >= 0.6 is 11.6 Å². The molecule has 0 radical (unpaired) electrons. The lowest BCUT2D eigenvalue weighted by atomic mass is 10.1. The first-order valence-corrected chi connectivity index (χ1v) is 6.85. The third-order valence-electron chi connectivity index (χ3n) is 3.09. The van der Waals surface area contributed by atoms with Crippen LogP contribution in [-0.4, -0.2) is 19.2 Å². The monoisotopic (exact) mass is 304 g/mol. The standard InChI is InChI=1S/C16H13ClO4/c17-13-3-1-2-12(7-13)14(18)9-19-8-11-4-5-15-16(6-11)21-10-20-15/h1-7H,8-10H2. The van der Waals surface area contributed by atoms with Crippen molar-refractivity contribution in [2.75, 3.05) is 13.4 Å². The summed E-state index contributed by atoms with van der Waals surface area (Å²) in [6.45, 7) is 0.588. The van der Waals surface area contributed by atoms with E-state index in [4.69, 9.17) is 25.8 Å². The average Bonchev–Trinajstić information content (AvgIpc) is 2.94. The Kier molecular flexibility index (Phi) is 4.08. The lowest BCUT2D eigenvalue weighted by Crippen LogP contribution is -2.09. The van der Waals surface area contributed by atoms with Crippen molar-refractivity contribution in [3.8, 4) is 11.5 Å². The second kappa shape index (κ2) is 6.16. The molecule has 3 rings (SSSR count). The Labute approximate surface area is 127 Å². The molecule has 2 aromatic carbocycles. The van der Waals surface area contributed by atoms with Crippen LogP contribution < -0.4 is 9.47 Å². The second-order valence-corrected chi connectivity index (χ2v) is 5.05. The number of Topliss-reactive ketones (excluding diaryl/α,β-unsaturated/α-hetero) is 1. The van der Waals surface area contributed by atoms with Crippen molar-refractivity contribution in [2.45, 2.75) is 6.61 Å². The van der Waals surface area contributed by atoms with E-state index in [-0.39, 0.29) is 19.2 Å². The van der Waals surface area contributed by atoms with Gasteiger partial charge in [0.2, 0.25) is 6.79 Å². The Hall–Kier alpha value is -2.04. The summed E-state index contributed by atoms with van der Waals surface area (Å²) in [5.41, 5.74) is 1.48. The largest absolute Gasteiger partial charge is 0.454 e. The van der Waals surface area contributed by atoms with E-state index in [0.717, 1.165) is 11.3 Å². The van der Waals surface area contributed by atoms with Crippen molar-refractivity contribution < 1.29 is 19.0 Å². The SMILES string of the molecule is O=C(COCc1ccc2c(c1)OCO2)c1cccc(Cl)c1. The number of fused-ring (bicyclic) bond motifs is 1. The first kappa shape index (κ1) is 13.9. The zero-order valence-corrected chi connectivity index (χ0v) is 11.9. The van der Waals surface area contributed by atoms with E-state index < -0.39 is 0 Å². The van der Waals surface area contributed by atoms with Crippen molar-refractivity contribution in [3.63, 3.8) is 0 Å². The predicted octanol–water partition coefficient (Wildman–Crippen LogP) is 3.47. The molecule has 5 heteroatoms. The minimum atomic E-state index is -0.0988. The van der Waals surface area contributed by atoms with Crippen molar-refractivity contribution in [1.82, 2.24) is 0 Å². The van der Waals surface area contributed by atoms with Crippen LogP contribution in [0.1, 0.15) is 15.9 Å². The van der Waals surface area contributed by atoms with Crippen molar-refractivity contribution in [1.29, 1.82) is 0 Å². The van der Waals surface area contributed by atoms with Gasteiger partial charge in [0.1, 0.15) is 6.61 Å². The van der Waals surface area contributed by atoms with Crippen LogP contribution in [0.5, 0.6) is 11.5 Å². The molecular formula is C16H13ClO4. The third kappa shape index (κ3) is 3.35. The number of halogens is 1. The van der Waals surface area contributed by atoms with Gasteiger partial charge < -0.3 is 14.2 Å². The van der Waals surface area contributed by atoms with Crippen LogP contribution in [0, 0.1) is 0 Å². The summed E-state index contributed by atoms with van der Waals surface area (Å²) < 4.78 is 16.0. The predicted molar refractivity (Wildman–Crippen MR) is 78.0 cm³/mol. The van der Waals surface area contributed by atoms with E-state index in [0.29, 0.717) is 22.9 Å². The van der Waals surface area contributed by atoms with Crippen molar-refractivity contribution >= 4 is 17.4 Å². The summed E-state index contributed by atoms with van der Waals surface area (Å²) >= 11 is 5.85. The molecule has 0 saturated carbocycles. The molecule has 0 amide bonds. The minimum Gasteiger partial charge on any atom is -0.454 e. The summed E-state index contributed by atoms with van der Waals surface area (Å²) in [7, 11) is 0. The zero-order valence-electron chi connectivity index (χ0n) is 11.2. The summed E-state index contributed by atoms with van der Waals surface area (Å²) in [6, 6.07) is 12.4. The van der Waals surface area contributed by atoms with Crippen LogP contribution in [-0.2, 0) is 11.3 Å². The maximum Gasteiger partial charge on any atom is 0.231 e. The number of hydrogen-bond donors (Lipinski definition) is 0. The molecular weight excluding hydrogens is 292 g/mol. The summed E-state index contributed by atoms with van der Waals surface area (Å²) in [5.74, 6) is 1.34. The molecule has 1 heterocycles. The average molecular weight is 305 g/mol. The molecule has 0 aromatic heterocycles. The second-order valence-electron chi connectivity index (χ2n) is 4.61. The van der Waals surface area contributed by atoms with E-state index in [1.807, 2.05) is 18.2 Å². The number of rotatable bonds is 5. The third-order valence-corrected chi connectivity index (χ3v) is 3.32. The van der Waals surface area contributed by atoms with Crippen LogP contribution in [0.15, 0.2) is 42.5 Å². The van der Waals surface area contributed by atoms with Crippen LogP contribution in [0.25, 0.3) is 0 Å². The maximum absolute atomic E-state index is 11.9. The zero-order chi connectivity index (χ0) is 14.7. The molecule has 2 aromatic rings. The molecule has 21 heavy (non-hydrogen) atoms. The Morgan fingerprint density at radius 3 is 2.86 bits per heavy atom. The van der Waals surface area contributed by atoms with Crippen LogP contribution in [0.2, 0.25) is 5.02 Å². The number of benzene rings is 2. The normalized spacial score (nSPS) is 12.4. The molecule has 0 bridgehead atoms. The molecule has 4 nitrogen and oxygen atoms in total. The number of ketones is 1. The fraction of sp³-hybridized carbons (Fsp3) is 0.188. The molecule has 0 atom stereocenters. The molecule has 108 valence electrons. The van der Waals surface area contributed by atoms with Crippen molar-refractivity contribution in [2.24, 2.45) is 0 Å². The Morgan fingerprint density at radius 2 is 2.00 bits per heavy atom. The molecule has 0 unspecified atom stereocenters. The molecule has 0 fully saturated rings. The molecule has 0 aliphatic carbocycles. The number of ether oxygens (including phenoxy) is 3.